The number of ether oxygens (including phenoxy) is 1. The van der Waals surface area contributed by atoms with E-state index in [-0.39, 0.29) is 40.6 Å². The van der Waals surface area contributed by atoms with Crippen molar-refractivity contribution in [2.75, 3.05) is 6.61 Å². The summed E-state index contributed by atoms with van der Waals surface area (Å²) in [5, 5.41) is 32.4. The Hall–Kier alpha value is -4.37. The third-order valence-corrected chi connectivity index (χ3v) is 6.06. The maximum atomic E-state index is 15.2. The minimum Gasteiger partial charge on any atom is -0.618 e. The van der Waals surface area contributed by atoms with Gasteiger partial charge in [0.25, 0.3) is 0 Å². The van der Waals surface area contributed by atoms with E-state index >= 15 is 4.39 Å². The van der Waals surface area contributed by atoms with Crippen LogP contribution in [-0.4, -0.2) is 58.0 Å². The van der Waals surface area contributed by atoms with Crippen molar-refractivity contribution in [3.8, 4) is 28.2 Å². The van der Waals surface area contributed by atoms with Gasteiger partial charge in [0.15, 0.2) is 17.8 Å². The fraction of sp³-hybridized carbons (Fsp3) is 0.227. The fourth-order valence-corrected chi connectivity index (χ4v) is 4.20. The molecule has 0 aliphatic carbocycles. The number of halogens is 4. The molecule has 0 saturated carbocycles. The molecule has 12 nitrogen and oxygen atoms in total. The molecule has 0 bridgehead atoms. The van der Waals surface area contributed by atoms with Gasteiger partial charge in [-0.05, 0) is 28.6 Å². The van der Waals surface area contributed by atoms with E-state index in [1.54, 1.807) is 17.9 Å². The molecule has 0 spiro atoms. The third kappa shape index (κ3) is 4.92. The van der Waals surface area contributed by atoms with Crippen LogP contribution in [0.15, 0.2) is 55.5 Å². The minimum absolute atomic E-state index is 0.00203. The van der Waals surface area contributed by atoms with Crippen LogP contribution in [0.3, 0.4) is 0 Å². The summed E-state index contributed by atoms with van der Waals surface area (Å²) in [5.41, 5.74) is 1.21. The zero-order valence-electron chi connectivity index (χ0n) is 19.6. The van der Waals surface area contributed by atoms with E-state index in [1.807, 2.05) is 0 Å². The van der Waals surface area contributed by atoms with Crippen LogP contribution in [0.25, 0.3) is 28.2 Å². The number of tetrazole rings is 1. The molecule has 0 fully saturated rings. The highest BCUT2D eigenvalue weighted by molar-refractivity contribution is 6.31. The minimum atomic E-state index is -2.97. The smallest absolute Gasteiger partial charge is 0.345 e. The molecule has 5 rings (SSSR count). The molecule has 5 aromatic rings. The van der Waals surface area contributed by atoms with Crippen molar-refractivity contribution in [3.05, 3.63) is 77.3 Å². The lowest BCUT2D eigenvalue weighted by molar-refractivity contribution is -0.615. The number of hydrogen-bond acceptors (Lipinski definition) is 8. The van der Waals surface area contributed by atoms with Gasteiger partial charge in [0.2, 0.25) is 5.69 Å². The maximum absolute atomic E-state index is 15.2. The van der Waals surface area contributed by atoms with E-state index < -0.39 is 18.5 Å². The summed E-state index contributed by atoms with van der Waals surface area (Å²) in [6.07, 6.45) is 6.95. The van der Waals surface area contributed by atoms with Crippen LogP contribution < -0.4 is 4.73 Å². The molecule has 0 unspecified atom stereocenters. The summed E-state index contributed by atoms with van der Waals surface area (Å²) < 4.78 is 49.7. The SMILES string of the molecule is Cn1ncnc1-c1cnn([C@H](CCOC(F)F)c2ccc(-c3c(-n4cnnn4)ccc(Cl)c3F)c[n+]2[O-])c1. The van der Waals surface area contributed by atoms with Crippen LogP contribution in [0.1, 0.15) is 18.2 Å². The van der Waals surface area contributed by atoms with Gasteiger partial charge in [0.1, 0.15) is 18.7 Å². The molecular weight excluding hydrogens is 529 g/mol. The highest BCUT2D eigenvalue weighted by atomic mass is 35.5. The van der Waals surface area contributed by atoms with Crippen molar-refractivity contribution in [3.63, 3.8) is 0 Å². The van der Waals surface area contributed by atoms with Gasteiger partial charge >= 0.3 is 6.61 Å². The van der Waals surface area contributed by atoms with Gasteiger partial charge in [-0.1, -0.05) is 11.6 Å². The first kappa shape index (κ1) is 25.3. The van der Waals surface area contributed by atoms with Crippen LogP contribution in [0, 0.1) is 11.0 Å². The first-order chi connectivity index (χ1) is 18.3. The average molecular weight is 547 g/mol. The summed E-state index contributed by atoms with van der Waals surface area (Å²) in [6.45, 7) is -3.32. The molecule has 1 atom stereocenters. The van der Waals surface area contributed by atoms with E-state index in [0.29, 0.717) is 16.1 Å². The Morgan fingerprint density at radius 1 is 1.16 bits per heavy atom. The van der Waals surface area contributed by atoms with E-state index in [0.717, 1.165) is 6.20 Å². The summed E-state index contributed by atoms with van der Waals surface area (Å²) in [6, 6.07) is 5.04. The quantitative estimate of drug-likeness (QED) is 0.204. The number of hydrogen-bond donors (Lipinski definition) is 0. The van der Waals surface area contributed by atoms with E-state index in [9.17, 15) is 14.0 Å². The number of benzene rings is 1. The molecule has 0 N–H and O–H groups in total. The zero-order valence-corrected chi connectivity index (χ0v) is 20.3. The van der Waals surface area contributed by atoms with Gasteiger partial charge < -0.3 is 9.94 Å². The second-order valence-corrected chi connectivity index (χ2v) is 8.44. The Balaban J connectivity index is 1.55. The molecule has 0 amide bonds. The Morgan fingerprint density at radius 3 is 2.68 bits per heavy atom. The summed E-state index contributed by atoms with van der Waals surface area (Å²) in [5.74, 6) is -0.245. The summed E-state index contributed by atoms with van der Waals surface area (Å²) >= 11 is 6.02. The van der Waals surface area contributed by atoms with Gasteiger partial charge in [-0.25, -0.2) is 14.1 Å². The Labute approximate surface area is 217 Å². The summed E-state index contributed by atoms with van der Waals surface area (Å²) in [4.78, 5) is 4.17. The lowest BCUT2D eigenvalue weighted by Crippen LogP contribution is -2.36. The van der Waals surface area contributed by atoms with Crippen LogP contribution in [0.2, 0.25) is 5.02 Å². The number of nitrogens with zero attached hydrogens (tertiary/aromatic N) is 10. The molecule has 4 aromatic heterocycles. The van der Waals surface area contributed by atoms with Crippen molar-refractivity contribution >= 4 is 11.6 Å². The second-order valence-electron chi connectivity index (χ2n) is 8.03. The van der Waals surface area contributed by atoms with Gasteiger partial charge in [0, 0.05) is 25.7 Å². The highest BCUT2D eigenvalue weighted by Crippen LogP contribution is 2.33. The number of rotatable bonds is 9. The first-order valence-electron chi connectivity index (χ1n) is 11.1. The van der Waals surface area contributed by atoms with Crippen LogP contribution >= 0.6 is 11.6 Å². The topological polar surface area (TPSA) is 128 Å². The normalized spacial score (nSPS) is 12.4. The molecule has 0 aliphatic heterocycles. The first-order valence-corrected chi connectivity index (χ1v) is 11.4. The molecule has 196 valence electrons. The highest BCUT2D eigenvalue weighted by Gasteiger charge is 2.26. The Morgan fingerprint density at radius 2 is 2.00 bits per heavy atom. The summed E-state index contributed by atoms with van der Waals surface area (Å²) in [7, 11) is 1.70. The van der Waals surface area contributed by atoms with Crippen molar-refractivity contribution in [2.45, 2.75) is 19.1 Å². The van der Waals surface area contributed by atoms with Crippen LogP contribution in [-0.2, 0) is 11.8 Å². The van der Waals surface area contributed by atoms with Crippen molar-refractivity contribution in [1.82, 2.24) is 44.8 Å². The van der Waals surface area contributed by atoms with Gasteiger partial charge in [-0.2, -0.15) is 28.4 Å². The number of aromatic nitrogens is 10. The lowest BCUT2D eigenvalue weighted by Gasteiger charge is -2.18. The zero-order chi connectivity index (χ0) is 26.8. The van der Waals surface area contributed by atoms with Crippen molar-refractivity contribution in [1.29, 1.82) is 0 Å². The van der Waals surface area contributed by atoms with Crippen LogP contribution in [0.5, 0.6) is 0 Å². The van der Waals surface area contributed by atoms with Gasteiger partial charge in [-0.15, -0.1) is 5.10 Å². The monoisotopic (exact) mass is 546 g/mol. The maximum Gasteiger partial charge on any atom is 0.345 e. The molecule has 0 saturated heterocycles. The molecular formula is C22H18ClF3N10O2. The Kier molecular flexibility index (Phi) is 7.02. The number of aryl methyl sites for hydroxylation is 1. The third-order valence-electron chi connectivity index (χ3n) is 5.77. The lowest BCUT2D eigenvalue weighted by atomic mass is 10.0. The molecule has 4 heterocycles. The number of pyridine rings is 1. The molecule has 0 aliphatic rings. The van der Waals surface area contributed by atoms with Gasteiger partial charge in [-0.3, -0.25) is 4.68 Å². The Bertz CT molecular complexity index is 1560. The molecule has 0 radical (unpaired) electrons. The van der Waals surface area contributed by atoms with E-state index in [4.69, 9.17) is 11.6 Å². The number of alkyl halides is 2. The largest absolute Gasteiger partial charge is 0.618 e. The van der Waals surface area contributed by atoms with E-state index in [1.165, 1.54) is 52.5 Å². The van der Waals surface area contributed by atoms with Crippen LogP contribution in [0.4, 0.5) is 13.2 Å². The predicted octanol–water partition coefficient (Wildman–Crippen LogP) is 2.97. The second kappa shape index (κ2) is 10.5. The molecule has 16 heteroatoms. The molecule has 38 heavy (non-hydrogen) atoms. The average Bonchev–Trinajstić information content (AvgIpc) is 3.66. The van der Waals surface area contributed by atoms with Crippen molar-refractivity contribution < 1.29 is 22.6 Å². The predicted molar refractivity (Wildman–Crippen MR) is 125 cm³/mol. The molecule has 1 aromatic carbocycles. The van der Waals surface area contributed by atoms with E-state index in [2.05, 4.69) is 35.4 Å². The van der Waals surface area contributed by atoms with Crippen molar-refractivity contribution in [2.24, 2.45) is 7.05 Å². The standard InChI is InChI=1S/C22H18ClF3N10O2/c1-33-21(27-11-30-33)14-8-29-34(9-14)16(6-7-38-22(25)26)17-4-2-13(10-36(17)37)19-18(35-12-28-31-32-35)5-3-15(23)20(19)24/h2-5,8-12,16,22H,6-7H2,1H3/t16-/m1/s1. The van der Waals surface area contributed by atoms with Gasteiger partial charge in [0.05, 0.1) is 40.2 Å². The fourth-order valence-electron chi connectivity index (χ4n) is 4.04.